The number of benzene rings is 2. The van der Waals surface area contributed by atoms with Crippen molar-refractivity contribution in [1.82, 2.24) is 4.90 Å². The van der Waals surface area contributed by atoms with Gasteiger partial charge in [-0.3, -0.25) is 0 Å². The Morgan fingerprint density at radius 2 is 1.65 bits per heavy atom. The van der Waals surface area contributed by atoms with Gasteiger partial charge in [0, 0.05) is 12.5 Å². The highest BCUT2D eigenvalue weighted by atomic mass is 16.3. The Morgan fingerprint density at radius 3 is 2.27 bits per heavy atom. The molecule has 2 N–H and O–H groups in total. The van der Waals surface area contributed by atoms with E-state index >= 15 is 0 Å². The summed E-state index contributed by atoms with van der Waals surface area (Å²) >= 11 is 0. The first-order valence-electron chi connectivity index (χ1n) is 9.53. The monoisotopic (exact) mass is 351 g/mol. The van der Waals surface area contributed by atoms with Crippen molar-refractivity contribution in [2.45, 2.75) is 37.2 Å². The Hall–Kier alpha value is -2.10. The van der Waals surface area contributed by atoms with E-state index in [0.29, 0.717) is 6.42 Å². The van der Waals surface area contributed by atoms with Gasteiger partial charge in [0.2, 0.25) is 0 Å². The molecule has 0 bridgehead atoms. The van der Waals surface area contributed by atoms with Crippen molar-refractivity contribution in [3.63, 3.8) is 0 Å². The number of nitrogens with zero attached hydrogens (tertiary/aromatic N) is 1. The fourth-order valence-corrected chi connectivity index (χ4v) is 4.05. The van der Waals surface area contributed by atoms with E-state index in [1.165, 1.54) is 19.3 Å². The molecule has 1 aliphatic rings. The van der Waals surface area contributed by atoms with Crippen LogP contribution in [0, 0.1) is 0 Å². The average Bonchev–Trinajstić information content (AvgIpc) is 2.68. The Morgan fingerprint density at radius 1 is 1.00 bits per heavy atom. The Kier molecular flexibility index (Phi) is 6.12. The molecule has 2 atom stereocenters. The molecule has 1 saturated heterocycles. The van der Waals surface area contributed by atoms with Gasteiger partial charge in [0.25, 0.3) is 0 Å². The molecule has 0 amide bonds. The standard InChI is InChI=1S/C23H29NO2/c1-2-15-23(26,20-11-13-21(25)14-12-20)22(19-9-5-3-6-10-19)18-24-16-7-4-8-17-24/h2-3,5-6,9-14,22,25-26H,1,4,7-8,15-18H2/t22-,23-/m0/s1. The van der Waals surface area contributed by atoms with Crippen LogP contribution >= 0.6 is 0 Å². The summed E-state index contributed by atoms with van der Waals surface area (Å²) in [6.07, 6.45) is 5.99. The van der Waals surface area contributed by atoms with Crippen LogP contribution in [0.4, 0.5) is 0 Å². The molecule has 3 rings (SSSR count). The average molecular weight is 351 g/mol. The number of aromatic hydroxyl groups is 1. The lowest BCUT2D eigenvalue weighted by Crippen LogP contribution is -2.42. The first-order valence-corrected chi connectivity index (χ1v) is 9.53. The molecule has 0 unspecified atom stereocenters. The molecule has 2 aromatic carbocycles. The van der Waals surface area contributed by atoms with Gasteiger partial charge in [-0.1, -0.05) is 55.0 Å². The zero-order chi connectivity index (χ0) is 18.4. The van der Waals surface area contributed by atoms with Crippen LogP contribution in [0.25, 0.3) is 0 Å². The van der Waals surface area contributed by atoms with Crippen molar-refractivity contribution in [1.29, 1.82) is 0 Å². The zero-order valence-electron chi connectivity index (χ0n) is 15.3. The summed E-state index contributed by atoms with van der Waals surface area (Å²) in [5.41, 5.74) is 0.894. The fourth-order valence-electron chi connectivity index (χ4n) is 4.05. The summed E-state index contributed by atoms with van der Waals surface area (Å²) in [5.74, 6) is 0.145. The van der Waals surface area contributed by atoms with Crippen LogP contribution < -0.4 is 0 Å². The van der Waals surface area contributed by atoms with Crippen LogP contribution in [-0.2, 0) is 5.60 Å². The maximum atomic E-state index is 11.8. The summed E-state index contributed by atoms with van der Waals surface area (Å²) in [6, 6.07) is 17.2. The van der Waals surface area contributed by atoms with Gasteiger partial charge in [-0.05, 0) is 55.6 Å². The minimum absolute atomic E-state index is 0.0654. The molecule has 1 aliphatic heterocycles. The van der Waals surface area contributed by atoms with Crippen molar-refractivity contribution in [2.75, 3.05) is 19.6 Å². The minimum Gasteiger partial charge on any atom is -0.508 e. The van der Waals surface area contributed by atoms with Gasteiger partial charge in [-0.15, -0.1) is 6.58 Å². The lowest BCUT2D eigenvalue weighted by atomic mass is 9.74. The van der Waals surface area contributed by atoms with E-state index in [-0.39, 0.29) is 11.7 Å². The molecule has 0 saturated carbocycles. The highest BCUT2D eigenvalue weighted by molar-refractivity contribution is 5.35. The van der Waals surface area contributed by atoms with E-state index in [0.717, 1.165) is 30.8 Å². The largest absolute Gasteiger partial charge is 0.508 e. The predicted octanol–water partition coefficient (Wildman–Crippen LogP) is 4.43. The van der Waals surface area contributed by atoms with E-state index in [9.17, 15) is 10.2 Å². The molecule has 1 heterocycles. The number of likely N-dealkylation sites (tertiary alicyclic amines) is 1. The number of piperidine rings is 1. The first kappa shape index (κ1) is 18.7. The number of rotatable bonds is 7. The summed E-state index contributed by atoms with van der Waals surface area (Å²) in [6.45, 7) is 6.88. The maximum absolute atomic E-state index is 11.8. The third-order valence-corrected chi connectivity index (χ3v) is 5.49. The smallest absolute Gasteiger partial charge is 0.115 e. The van der Waals surface area contributed by atoms with Crippen molar-refractivity contribution < 1.29 is 10.2 Å². The molecule has 0 radical (unpaired) electrons. The summed E-state index contributed by atoms with van der Waals surface area (Å²) in [7, 11) is 0. The second kappa shape index (κ2) is 8.52. The van der Waals surface area contributed by atoms with Crippen molar-refractivity contribution in [2.24, 2.45) is 0 Å². The van der Waals surface area contributed by atoms with Gasteiger partial charge in [0.1, 0.15) is 11.4 Å². The Labute approximate surface area is 156 Å². The molecule has 2 aromatic rings. The molecule has 0 aromatic heterocycles. The van der Waals surface area contributed by atoms with Gasteiger partial charge < -0.3 is 15.1 Å². The third kappa shape index (κ3) is 4.17. The number of aliphatic hydroxyl groups is 1. The van der Waals surface area contributed by atoms with Crippen LogP contribution in [-0.4, -0.2) is 34.7 Å². The zero-order valence-corrected chi connectivity index (χ0v) is 15.3. The number of hydrogen-bond acceptors (Lipinski definition) is 3. The number of phenolic OH excluding ortho intramolecular Hbond substituents is 1. The second-order valence-electron chi connectivity index (χ2n) is 7.29. The van der Waals surface area contributed by atoms with Crippen LogP contribution in [0.5, 0.6) is 5.75 Å². The number of hydrogen-bond donors (Lipinski definition) is 2. The van der Waals surface area contributed by atoms with Gasteiger partial charge in [-0.25, -0.2) is 0 Å². The van der Waals surface area contributed by atoms with Gasteiger partial charge in [-0.2, -0.15) is 0 Å². The Bertz CT molecular complexity index is 692. The van der Waals surface area contributed by atoms with Gasteiger partial charge in [0.15, 0.2) is 0 Å². The normalized spacial score (nSPS) is 18.8. The van der Waals surface area contributed by atoms with E-state index in [2.05, 4.69) is 23.6 Å². The number of phenols is 1. The summed E-state index contributed by atoms with van der Waals surface area (Å²) in [4.78, 5) is 2.47. The lowest BCUT2D eigenvalue weighted by molar-refractivity contribution is -0.00430. The molecular weight excluding hydrogens is 322 g/mol. The molecule has 3 heteroatoms. The van der Waals surface area contributed by atoms with Crippen molar-refractivity contribution in [3.05, 3.63) is 78.4 Å². The maximum Gasteiger partial charge on any atom is 0.115 e. The molecule has 26 heavy (non-hydrogen) atoms. The molecular formula is C23H29NO2. The van der Waals surface area contributed by atoms with Crippen molar-refractivity contribution >= 4 is 0 Å². The molecule has 3 nitrogen and oxygen atoms in total. The van der Waals surface area contributed by atoms with E-state index in [1.807, 2.05) is 30.3 Å². The molecule has 1 fully saturated rings. The van der Waals surface area contributed by atoms with Crippen LogP contribution in [0.3, 0.4) is 0 Å². The highest BCUT2D eigenvalue weighted by Gasteiger charge is 2.39. The fraction of sp³-hybridized carbons (Fsp3) is 0.391. The van der Waals surface area contributed by atoms with Gasteiger partial charge in [0.05, 0.1) is 0 Å². The summed E-state index contributed by atoms with van der Waals surface area (Å²) < 4.78 is 0. The van der Waals surface area contributed by atoms with Crippen molar-refractivity contribution in [3.8, 4) is 5.75 Å². The molecule has 0 aliphatic carbocycles. The van der Waals surface area contributed by atoms with E-state index in [1.54, 1.807) is 18.2 Å². The quantitative estimate of drug-likeness (QED) is 0.726. The van der Waals surface area contributed by atoms with E-state index < -0.39 is 5.60 Å². The molecule has 138 valence electrons. The van der Waals surface area contributed by atoms with E-state index in [4.69, 9.17) is 0 Å². The highest BCUT2D eigenvalue weighted by Crippen LogP contribution is 2.41. The lowest BCUT2D eigenvalue weighted by Gasteiger charge is -2.40. The topological polar surface area (TPSA) is 43.7 Å². The first-order chi connectivity index (χ1) is 12.6. The van der Waals surface area contributed by atoms with Crippen LogP contribution in [0.2, 0.25) is 0 Å². The minimum atomic E-state index is -1.06. The third-order valence-electron chi connectivity index (χ3n) is 5.49. The second-order valence-corrected chi connectivity index (χ2v) is 7.29. The summed E-state index contributed by atoms with van der Waals surface area (Å²) in [5, 5.41) is 21.5. The van der Waals surface area contributed by atoms with Crippen LogP contribution in [0.15, 0.2) is 67.3 Å². The van der Waals surface area contributed by atoms with Crippen LogP contribution in [0.1, 0.15) is 42.7 Å². The predicted molar refractivity (Wildman–Crippen MR) is 106 cm³/mol. The Balaban J connectivity index is 2.00. The van der Waals surface area contributed by atoms with Gasteiger partial charge >= 0.3 is 0 Å². The SMILES string of the molecule is C=CC[C@](O)(c1ccc(O)cc1)[C@@H](CN1CCCCC1)c1ccccc1. The molecule has 0 spiro atoms.